The fraction of sp³-hybridized carbons (Fsp3) is 0.320. The van der Waals surface area contributed by atoms with Crippen LogP contribution >= 0.6 is 0 Å². The fourth-order valence-corrected chi connectivity index (χ4v) is 3.64. The summed E-state index contributed by atoms with van der Waals surface area (Å²) >= 11 is 0. The number of carbonyl (C=O) groups is 1. The molecule has 0 radical (unpaired) electrons. The van der Waals surface area contributed by atoms with Gasteiger partial charge in [-0.1, -0.05) is 29.8 Å². The van der Waals surface area contributed by atoms with Crippen molar-refractivity contribution in [3.63, 3.8) is 0 Å². The highest BCUT2D eigenvalue weighted by molar-refractivity contribution is 5.84. The van der Waals surface area contributed by atoms with Crippen LogP contribution < -0.4 is 10.2 Å². The van der Waals surface area contributed by atoms with Crippen LogP contribution in [0, 0.1) is 17.0 Å². The minimum absolute atomic E-state index is 0.0330. The number of morpholine rings is 1. The Bertz CT molecular complexity index is 1260. The average molecular weight is 506 g/mol. The predicted octanol–water partition coefficient (Wildman–Crippen LogP) is 4.60. The van der Waals surface area contributed by atoms with Crippen LogP contribution in [0.1, 0.15) is 17.0 Å². The number of hydrogen-bond donors (Lipinski definition) is 1. The summed E-state index contributed by atoms with van der Waals surface area (Å²) < 4.78 is 10.7. The van der Waals surface area contributed by atoms with E-state index in [-0.39, 0.29) is 18.7 Å². The molecule has 12 heteroatoms. The van der Waals surface area contributed by atoms with Crippen molar-refractivity contribution in [1.82, 2.24) is 9.97 Å². The first-order chi connectivity index (χ1) is 18.0. The Balaban J connectivity index is 1.38. The van der Waals surface area contributed by atoms with Crippen LogP contribution in [0.15, 0.2) is 64.8 Å². The SMILES string of the molecule is Cc1cccc(CN=Nc2cc(N3CCOCC3)nc(CCOC(=O)Nc3ccc([N+](=O)[O-])cc3)n2)c1. The van der Waals surface area contributed by atoms with E-state index in [1.807, 2.05) is 25.1 Å². The lowest BCUT2D eigenvalue weighted by Crippen LogP contribution is -2.37. The monoisotopic (exact) mass is 505 g/mol. The van der Waals surface area contributed by atoms with Gasteiger partial charge in [-0.3, -0.25) is 15.4 Å². The molecule has 0 saturated carbocycles. The van der Waals surface area contributed by atoms with Crippen molar-refractivity contribution in [2.24, 2.45) is 10.2 Å². The smallest absolute Gasteiger partial charge is 0.411 e. The maximum atomic E-state index is 12.1. The normalized spacial score (nSPS) is 13.5. The van der Waals surface area contributed by atoms with Crippen LogP contribution in [0.4, 0.5) is 27.8 Å². The highest BCUT2D eigenvalue weighted by Crippen LogP contribution is 2.21. The number of aromatic nitrogens is 2. The number of ether oxygens (including phenoxy) is 2. The van der Waals surface area contributed by atoms with E-state index in [9.17, 15) is 14.9 Å². The number of hydrogen-bond acceptors (Lipinski definition) is 10. The van der Waals surface area contributed by atoms with Gasteiger partial charge in [0.1, 0.15) is 18.2 Å². The molecule has 1 aliphatic heterocycles. The van der Waals surface area contributed by atoms with Gasteiger partial charge in [-0.05, 0) is 24.6 Å². The molecular weight excluding hydrogens is 478 g/mol. The minimum atomic E-state index is -0.684. The lowest BCUT2D eigenvalue weighted by Gasteiger charge is -2.28. The second-order valence-corrected chi connectivity index (χ2v) is 8.30. The number of anilines is 2. The molecule has 3 aromatic rings. The van der Waals surface area contributed by atoms with E-state index in [2.05, 4.69) is 36.5 Å². The zero-order valence-corrected chi connectivity index (χ0v) is 20.4. The molecule has 1 aromatic heterocycles. The van der Waals surface area contributed by atoms with Crippen LogP contribution in [-0.2, 0) is 22.4 Å². The molecule has 192 valence electrons. The summed E-state index contributed by atoms with van der Waals surface area (Å²) in [6, 6.07) is 15.3. The summed E-state index contributed by atoms with van der Waals surface area (Å²) in [5, 5.41) is 21.9. The van der Waals surface area contributed by atoms with Crippen LogP contribution in [0.5, 0.6) is 0 Å². The van der Waals surface area contributed by atoms with E-state index < -0.39 is 11.0 Å². The number of rotatable bonds is 9. The van der Waals surface area contributed by atoms with Gasteiger partial charge in [-0.15, -0.1) is 5.11 Å². The number of benzene rings is 2. The molecule has 12 nitrogen and oxygen atoms in total. The van der Waals surface area contributed by atoms with Gasteiger partial charge in [0.05, 0.1) is 24.7 Å². The number of nitrogens with one attached hydrogen (secondary N) is 1. The zero-order chi connectivity index (χ0) is 26.0. The fourth-order valence-electron chi connectivity index (χ4n) is 3.64. The van der Waals surface area contributed by atoms with Gasteiger partial charge in [-0.25, -0.2) is 14.8 Å². The highest BCUT2D eigenvalue weighted by Gasteiger charge is 2.16. The van der Waals surface area contributed by atoms with Crippen molar-refractivity contribution in [3.8, 4) is 0 Å². The molecule has 1 fully saturated rings. The molecule has 1 amide bonds. The third-order valence-corrected chi connectivity index (χ3v) is 5.47. The largest absolute Gasteiger partial charge is 0.449 e. The Labute approximate surface area is 213 Å². The summed E-state index contributed by atoms with van der Waals surface area (Å²) in [5.41, 5.74) is 2.53. The van der Waals surface area contributed by atoms with E-state index in [0.29, 0.717) is 56.0 Å². The number of non-ortho nitro benzene ring substituents is 1. The van der Waals surface area contributed by atoms with Gasteiger partial charge in [0.15, 0.2) is 5.82 Å². The lowest BCUT2D eigenvalue weighted by atomic mass is 10.1. The third kappa shape index (κ3) is 7.77. The van der Waals surface area contributed by atoms with Crippen LogP contribution in [0.2, 0.25) is 0 Å². The molecule has 0 atom stereocenters. The number of nitro benzene ring substituents is 1. The first-order valence-electron chi connectivity index (χ1n) is 11.8. The quantitative estimate of drug-likeness (QED) is 0.252. The number of aryl methyl sites for hydroxylation is 1. The molecule has 0 aliphatic carbocycles. The van der Waals surface area contributed by atoms with Gasteiger partial charge >= 0.3 is 6.09 Å². The summed E-state index contributed by atoms with van der Waals surface area (Å²) in [6.45, 7) is 5.10. The molecule has 2 aromatic carbocycles. The molecule has 0 unspecified atom stereocenters. The molecule has 4 rings (SSSR count). The topological polar surface area (TPSA) is 144 Å². The number of carbonyl (C=O) groups excluding carboxylic acids is 1. The molecule has 2 heterocycles. The van der Waals surface area contributed by atoms with Gasteiger partial charge in [0.25, 0.3) is 5.69 Å². The highest BCUT2D eigenvalue weighted by atomic mass is 16.6. The van der Waals surface area contributed by atoms with Crippen molar-refractivity contribution < 1.29 is 19.2 Å². The molecule has 37 heavy (non-hydrogen) atoms. The second-order valence-electron chi connectivity index (χ2n) is 8.30. The average Bonchev–Trinajstić information content (AvgIpc) is 2.89. The van der Waals surface area contributed by atoms with Crippen LogP contribution in [0.3, 0.4) is 0 Å². The zero-order valence-electron chi connectivity index (χ0n) is 20.4. The molecular formula is C25H27N7O5. The van der Waals surface area contributed by atoms with E-state index in [0.717, 1.165) is 11.1 Å². The molecule has 1 N–H and O–H groups in total. The van der Waals surface area contributed by atoms with Crippen molar-refractivity contribution in [1.29, 1.82) is 0 Å². The van der Waals surface area contributed by atoms with E-state index >= 15 is 0 Å². The summed E-state index contributed by atoms with van der Waals surface area (Å²) in [7, 11) is 0. The van der Waals surface area contributed by atoms with Gasteiger partial charge in [0, 0.05) is 43.4 Å². The first-order valence-corrected chi connectivity index (χ1v) is 11.8. The summed E-state index contributed by atoms with van der Waals surface area (Å²) in [6.07, 6.45) is -0.414. The molecule has 1 saturated heterocycles. The number of amides is 1. The Kier molecular flexibility index (Phi) is 8.66. The Hall–Kier alpha value is -4.45. The van der Waals surface area contributed by atoms with Gasteiger partial charge < -0.3 is 14.4 Å². The third-order valence-electron chi connectivity index (χ3n) is 5.47. The Morgan fingerprint density at radius 1 is 1.16 bits per heavy atom. The summed E-state index contributed by atoms with van der Waals surface area (Å²) in [5.74, 6) is 1.61. The van der Waals surface area contributed by atoms with Crippen molar-refractivity contribution in [2.75, 3.05) is 43.1 Å². The van der Waals surface area contributed by atoms with E-state index in [1.165, 1.54) is 24.3 Å². The first kappa shape index (κ1) is 25.6. The number of nitrogens with zero attached hydrogens (tertiary/aromatic N) is 6. The van der Waals surface area contributed by atoms with Crippen LogP contribution in [-0.4, -0.2) is 53.9 Å². The number of nitro groups is 1. The lowest BCUT2D eigenvalue weighted by molar-refractivity contribution is -0.384. The van der Waals surface area contributed by atoms with Crippen molar-refractivity contribution in [3.05, 3.63) is 81.7 Å². The predicted molar refractivity (Wildman–Crippen MR) is 136 cm³/mol. The van der Waals surface area contributed by atoms with E-state index in [1.54, 1.807) is 6.07 Å². The second kappa shape index (κ2) is 12.5. The van der Waals surface area contributed by atoms with Gasteiger partial charge in [-0.2, -0.15) is 5.11 Å². The Morgan fingerprint density at radius 2 is 1.95 bits per heavy atom. The van der Waals surface area contributed by atoms with Crippen molar-refractivity contribution in [2.45, 2.75) is 19.9 Å². The molecule has 0 bridgehead atoms. The minimum Gasteiger partial charge on any atom is -0.449 e. The Morgan fingerprint density at radius 3 is 2.68 bits per heavy atom. The molecule has 1 aliphatic rings. The van der Waals surface area contributed by atoms with E-state index in [4.69, 9.17) is 9.47 Å². The molecule has 0 spiro atoms. The number of azo groups is 1. The van der Waals surface area contributed by atoms with Crippen LogP contribution in [0.25, 0.3) is 0 Å². The maximum Gasteiger partial charge on any atom is 0.411 e. The van der Waals surface area contributed by atoms with Crippen molar-refractivity contribution >= 4 is 29.1 Å². The van der Waals surface area contributed by atoms with Gasteiger partial charge in [0.2, 0.25) is 0 Å². The summed E-state index contributed by atoms with van der Waals surface area (Å²) in [4.78, 5) is 33.6. The maximum absolute atomic E-state index is 12.1. The standard InChI is InChI=1S/C25H27N7O5/c1-18-3-2-4-19(15-18)17-26-30-23-16-24(31-10-13-36-14-11-31)29-22(28-23)9-12-37-25(33)27-20-5-7-21(8-6-20)32(34)35/h2-8,15-16H,9-14,17H2,1H3,(H,27,33).